The molecule has 1 aromatic heterocycles. The number of nitrogens with one attached hydrogen (secondary N) is 2. The Bertz CT molecular complexity index is 1420. The molecule has 3 N–H and O–H groups in total. The maximum atomic E-state index is 13.7. The topological polar surface area (TPSA) is 143 Å². The number of anilines is 2. The highest BCUT2D eigenvalue weighted by Crippen LogP contribution is 2.39. The SMILES string of the molecule is N#Cc1cnc2cc(OC3CCOC3)c(OC(=O)CCCCCCC(=O)NO)cc2c1Nc1ccc(F)c(Cl)c1. The third-order valence-corrected chi connectivity index (χ3v) is 6.60. The average Bonchev–Trinajstić information content (AvgIpc) is 3.46. The van der Waals surface area contributed by atoms with Crippen LogP contribution in [0.4, 0.5) is 15.8 Å². The van der Waals surface area contributed by atoms with Crippen LogP contribution in [0.2, 0.25) is 5.02 Å². The van der Waals surface area contributed by atoms with E-state index in [-0.39, 0.29) is 35.3 Å². The van der Waals surface area contributed by atoms with Gasteiger partial charge in [-0.15, -0.1) is 0 Å². The van der Waals surface area contributed by atoms with Crippen molar-refractivity contribution in [3.05, 3.63) is 52.9 Å². The van der Waals surface area contributed by atoms with Crippen LogP contribution in [-0.2, 0) is 14.3 Å². The van der Waals surface area contributed by atoms with E-state index in [9.17, 15) is 19.2 Å². The van der Waals surface area contributed by atoms with Gasteiger partial charge in [0.1, 0.15) is 18.0 Å². The molecule has 1 aliphatic heterocycles. The minimum absolute atomic E-state index is 0.0809. The number of hydrogen-bond donors (Lipinski definition) is 3. The van der Waals surface area contributed by atoms with E-state index in [1.165, 1.54) is 24.4 Å². The average molecular weight is 571 g/mol. The van der Waals surface area contributed by atoms with Crippen LogP contribution in [0.3, 0.4) is 0 Å². The highest BCUT2D eigenvalue weighted by atomic mass is 35.5. The number of fused-ring (bicyclic) bond motifs is 1. The molecule has 1 saturated heterocycles. The molecule has 1 fully saturated rings. The van der Waals surface area contributed by atoms with Crippen LogP contribution < -0.4 is 20.3 Å². The Morgan fingerprint density at radius 2 is 1.98 bits per heavy atom. The van der Waals surface area contributed by atoms with Gasteiger partial charge in [-0.2, -0.15) is 5.26 Å². The van der Waals surface area contributed by atoms with Crippen molar-refractivity contribution >= 4 is 45.8 Å². The normalized spacial score (nSPS) is 14.5. The largest absolute Gasteiger partial charge is 0.484 e. The molecule has 40 heavy (non-hydrogen) atoms. The maximum absolute atomic E-state index is 13.7. The second-order valence-electron chi connectivity index (χ2n) is 9.26. The summed E-state index contributed by atoms with van der Waals surface area (Å²) in [4.78, 5) is 28.3. The predicted molar refractivity (Wildman–Crippen MR) is 144 cm³/mol. The first-order valence-corrected chi connectivity index (χ1v) is 13.2. The molecule has 0 radical (unpaired) electrons. The summed E-state index contributed by atoms with van der Waals surface area (Å²) in [5.74, 6) is -0.999. The van der Waals surface area contributed by atoms with Crippen LogP contribution in [0.25, 0.3) is 10.9 Å². The second-order valence-corrected chi connectivity index (χ2v) is 9.66. The minimum Gasteiger partial charge on any atom is -0.484 e. The fraction of sp³-hybridized carbons (Fsp3) is 0.357. The van der Waals surface area contributed by atoms with Gasteiger partial charge in [0.25, 0.3) is 0 Å². The molecule has 0 aliphatic carbocycles. The molecule has 10 nitrogen and oxygen atoms in total. The summed E-state index contributed by atoms with van der Waals surface area (Å²) in [7, 11) is 0. The standard InChI is InChI=1S/C28H28ClFN4O6/c29-21-11-18(7-8-22(21)30)33-28-17(14-31)15-32-23-13-25(39-19-9-10-38-16-19)24(12-20(23)28)40-27(36)6-4-2-1-3-5-26(35)34-37/h7-8,11-13,15,19,37H,1-6,9-10,16H2,(H,32,33)(H,34,35). The second kappa shape index (κ2) is 13.9. The van der Waals surface area contributed by atoms with Gasteiger partial charge in [0.2, 0.25) is 5.91 Å². The fourth-order valence-corrected chi connectivity index (χ4v) is 4.41. The third kappa shape index (κ3) is 7.57. The van der Waals surface area contributed by atoms with Crippen LogP contribution in [0.1, 0.15) is 50.5 Å². The number of benzene rings is 2. The Kier molecular flexibility index (Phi) is 10.1. The lowest BCUT2D eigenvalue weighted by Gasteiger charge is -2.18. The summed E-state index contributed by atoms with van der Waals surface area (Å²) in [5, 5.41) is 21.8. The summed E-state index contributed by atoms with van der Waals surface area (Å²) in [5.41, 5.74) is 3.13. The van der Waals surface area contributed by atoms with Crippen molar-refractivity contribution in [1.29, 1.82) is 5.26 Å². The van der Waals surface area contributed by atoms with Crippen molar-refractivity contribution < 1.29 is 33.4 Å². The lowest BCUT2D eigenvalue weighted by atomic mass is 10.1. The molecule has 0 spiro atoms. The first-order valence-electron chi connectivity index (χ1n) is 12.8. The van der Waals surface area contributed by atoms with E-state index in [0.717, 1.165) is 6.42 Å². The van der Waals surface area contributed by atoms with E-state index in [0.29, 0.717) is 66.9 Å². The zero-order valence-electron chi connectivity index (χ0n) is 21.5. The van der Waals surface area contributed by atoms with Gasteiger partial charge in [-0.1, -0.05) is 24.4 Å². The van der Waals surface area contributed by atoms with E-state index in [4.69, 9.17) is 31.0 Å². The number of nitrogens with zero attached hydrogens (tertiary/aromatic N) is 2. The van der Waals surface area contributed by atoms with Crippen molar-refractivity contribution in [3.8, 4) is 17.6 Å². The van der Waals surface area contributed by atoms with E-state index >= 15 is 0 Å². The minimum atomic E-state index is -0.574. The van der Waals surface area contributed by atoms with Gasteiger partial charge in [-0.05, 0) is 37.1 Å². The summed E-state index contributed by atoms with van der Waals surface area (Å²) in [6.45, 7) is 0.962. The number of hydrogen-bond acceptors (Lipinski definition) is 9. The van der Waals surface area contributed by atoms with Crippen LogP contribution in [-0.4, -0.2) is 41.4 Å². The molecule has 3 aromatic rings. The molecule has 2 heterocycles. The molecule has 0 saturated carbocycles. The quantitative estimate of drug-likeness (QED) is 0.0838. The van der Waals surface area contributed by atoms with Gasteiger partial charge >= 0.3 is 5.97 Å². The van der Waals surface area contributed by atoms with Crippen LogP contribution in [0.5, 0.6) is 11.5 Å². The summed E-state index contributed by atoms with van der Waals surface area (Å²) in [6, 6.07) is 9.44. The lowest BCUT2D eigenvalue weighted by molar-refractivity contribution is -0.134. The number of nitriles is 1. The lowest BCUT2D eigenvalue weighted by Crippen LogP contribution is -2.17. The highest BCUT2D eigenvalue weighted by molar-refractivity contribution is 6.31. The van der Waals surface area contributed by atoms with Gasteiger partial charge in [0.05, 0.1) is 35.0 Å². The molecular weight excluding hydrogens is 543 g/mol. The number of carbonyl (C=O) groups excluding carboxylic acids is 2. The van der Waals surface area contributed by atoms with Gasteiger partial charge in [-0.25, -0.2) is 9.87 Å². The molecule has 0 bridgehead atoms. The van der Waals surface area contributed by atoms with E-state index < -0.39 is 17.7 Å². The fourth-order valence-electron chi connectivity index (χ4n) is 4.23. The number of carbonyl (C=O) groups is 2. The van der Waals surface area contributed by atoms with Crippen molar-refractivity contribution in [2.75, 3.05) is 18.5 Å². The number of pyridine rings is 1. The van der Waals surface area contributed by atoms with Gasteiger partial charge < -0.3 is 19.5 Å². The first kappa shape index (κ1) is 29.0. The molecule has 210 valence electrons. The molecule has 1 unspecified atom stereocenters. The van der Waals surface area contributed by atoms with Gasteiger partial charge in [0, 0.05) is 42.6 Å². The molecule has 1 atom stereocenters. The van der Waals surface area contributed by atoms with Crippen molar-refractivity contribution in [1.82, 2.24) is 10.5 Å². The van der Waals surface area contributed by atoms with Crippen LogP contribution in [0.15, 0.2) is 36.5 Å². The van der Waals surface area contributed by atoms with Crippen LogP contribution in [0, 0.1) is 17.1 Å². The van der Waals surface area contributed by atoms with Gasteiger partial charge in [-0.3, -0.25) is 19.8 Å². The number of esters is 1. The molecule has 1 amide bonds. The molecule has 1 aliphatic rings. The van der Waals surface area contributed by atoms with E-state index in [1.54, 1.807) is 17.6 Å². The number of ether oxygens (including phenoxy) is 3. The Morgan fingerprint density at radius 3 is 2.67 bits per heavy atom. The number of rotatable bonds is 12. The zero-order chi connectivity index (χ0) is 28.5. The Balaban J connectivity index is 1.58. The number of amides is 1. The molecule has 2 aromatic carbocycles. The monoisotopic (exact) mass is 570 g/mol. The summed E-state index contributed by atoms with van der Waals surface area (Å²) in [6.07, 6.45) is 4.80. The van der Waals surface area contributed by atoms with Gasteiger partial charge in [0.15, 0.2) is 11.5 Å². The summed E-state index contributed by atoms with van der Waals surface area (Å²) >= 11 is 5.94. The predicted octanol–water partition coefficient (Wildman–Crippen LogP) is 5.56. The number of hydroxylamine groups is 1. The Hall–Kier alpha value is -3.98. The highest BCUT2D eigenvalue weighted by Gasteiger charge is 2.22. The van der Waals surface area contributed by atoms with Crippen LogP contribution >= 0.6 is 11.6 Å². The Labute approximate surface area is 235 Å². The molecular formula is C28H28ClFN4O6. The molecule has 12 heteroatoms. The van der Waals surface area contributed by atoms with E-state index in [2.05, 4.69) is 16.4 Å². The van der Waals surface area contributed by atoms with Crippen molar-refractivity contribution in [2.24, 2.45) is 0 Å². The maximum Gasteiger partial charge on any atom is 0.311 e. The first-order chi connectivity index (χ1) is 19.4. The van der Waals surface area contributed by atoms with E-state index in [1.807, 2.05) is 0 Å². The number of aromatic nitrogens is 1. The molecule has 4 rings (SSSR count). The smallest absolute Gasteiger partial charge is 0.311 e. The van der Waals surface area contributed by atoms with Crippen molar-refractivity contribution in [2.45, 2.75) is 51.0 Å². The van der Waals surface area contributed by atoms with Crippen molar-refractivity contribution in [3.63, 3.8) is 0 Å². The Morgan fingerprint density at radius 1 is 1.18 bits per heavy atom. The summed E-state index contributed by atoms with van der Waals surface area (Å²) < 4.78 is 30.9. The number of halogens is 2. The third-order valence-electron chi connectivity index (χ3n) is 6.31. The number of unbranched alkanes of at least 4 members (excludes halogenated alkanes) is 3. The zero-order valence-corrected chi connectivity index (χ0v) is 22.3.